The van der Waals surface area contributed by atoms with Gasteiger partial charge in [-0.25, -0.2) is 0 Å². The Bertz CT molecular complexity index is 1130. The van der Waals surface area contributed by atoms with Gasteiger partial charge in [-0.1, -0.05) is 54.6 Å². The van der Waals surface area contributed by atoms with Crippen molar-refractivity contribution in [3.05, 3.63) is 82.4 Å². The molecule has 0 aliphatic carbocycles. The quantitative estimate of drug-likeness (QED) is 0.503. The zero-order chi connectivity index (χ0) is 21.8. The van der Waals surface area contributed by atoms with E-state index < -0.39 is 28.5 Å². The third-order valence-corrected chi connectivity index (χ3v) is 8.20. The zero-order valence-corrected chi connectivity index (χ0v) is 18.0. The SMILES string of the molecule is Cc1cc2c(cc1Cc1ccc3ccccc3c1)[C@]1(OC2)S[C@H](CO)[C@@H](O)[C@H](O)[C@H]1O. The van der Waals surface area contributed by atoms with Crippen molar-refractivity contribution in [1.29, 1.82) is 0 Å². The van der Waals surface area contributed by atoms with Crippen LogP contribution in [0.5, 0.6) is 0 Å². The molecule has 4 N–H and O–H groups in total. The van der Waals surface area contributed by atoms with Crippen LogP contribution in [0.2, 0.25) is 0 Å². The standard InChI is InChI=1S/C25H26O5S/c1-14-8-19-13-30-25(24(29)23(28)22(27)21(12-26)31-25)20(19)11-18(14)10-15-6-7-16-4-2-3-5-17(16)9-15/h2-9,11,21-24,26-29H,10,12-13H2,1H3/t21-,22-,23+,24-,25+/m1/s1. The van der Waals surface area contributed by atoms with Crippen molar-refractivity contribution >= 4 is 22.5 Å². The van der Waals surface area contributed by atoms with E-state index in [9.17, 15) is 20.4 Å². The number of aliphatic hydroxyl groups excluding tert-OH is 4. The first-order valence-electron chi connectivity index (χ1n) is 10.5. The van der Waals surface area contributed by atoms with E-state index in [2.05, 4.69) is 49.4 Å². The van der Waals surface area contributed by atoms with Gasteiger partial charge in [0.05, 0.1) is 24.6 Å². The Labute approximate surface area is 185 Å². The highest BCUT2D eigenvalue weighted by atomic mass is 32.2. The topological polar surface area (TPSA) is 90.2 Å². The average Bonchev–Trinajstić information content (AvgIpc) is 3.13. The minimum Gasteiger partial charge on any atom is -0.395 e. The van der Waals surface area contributed by atoms with Crippen molar-refractivity contribution in [2.24, 2.45) is 0 Å². The summed E-state index contributed by atoms with van der Waals surface area (Å²) in [6, 6.07) is 18.9. The number of hydrogen-bond donors (Lipinski definition) is 4. The summed E-state index contributed by atoms with van der Waals surface area (Å²) in [7, 11) is 0. The van der Waals surface area contributed by atoms with Crippen LogP contribution in [0.4, 0.5) is 0 Å². The highest BCUT2D eigenvalue weighted by Gasteiger charge is 2.57. The summed E-state index contributed by atoms with van der Waals surface area (Å²) in [5.74, 6) is 0. The van der Waals surface area contributed by atoms with Crippen LogP contribution >= 0.6 is 11.8 Å². The van der Waals surface area contributed by atoms with E-state index in [0.717, 1.165) is 28.7 Å². The minimum absolute atomic E-state index is 0.314. The van der Waals surface area contributed by atoms with Crippen molar-refractivity contribution in [3.63, 3.8) is 0 Å². The summed E-state index contributed by atoms with van der Waals surface area (Å²) in [4.78, 5) is -1.20. The lowest BCUT2D eigenvalue weighted by Gasteiger charge is -2.45. The lowest BCUT2D eigenvalue weighted by Crippen LogP contribution is -2.58. The first kappa shape index (κ1) is 20.9. The summed E-state index contributed by atoms with van der Waals surface area (Å²) < 4.78 is 6.06. The van der Waals surface area contributed by atoms with Gasteiger partial charge in [0.25, 0.3) is 0 Å². The van der Waals surface area contributed by atoms with Gasteiger partial charge in [0.15, 0.2) is 4.93 Å². The van der Waals surface area contributed by atoms with Crippen molar-refractivity contribution in [1.82, 2.24) is 0 Å². The zero-order valence-electron chi connectivity index (χ0n) is 17.2. The normalized spacial score (nSPS) is 30.1. The van der Waals surface area contributed by atoms with Gasteiger partial charge in [-0.3, -0.25) is 0 Å². The molecule has 5 rings (SSSR count). The maximum absolute atomic E-state index is 10.9. The van der Waals surface area contributed by atoms with Crippen molar-refractivity contribution < 1.29 is 25.2 Å². The van der Waals surface area contributed by atoms with Crippen molar-refractivity contribution in [2.45, 2.75) is 48.4 Å². The summed E-state index contributed by atoms with van der Waals surface area (Å²) in [5, 5.41) is 43.0. The first-order valence-corrected chi connectivity index (χ1v) is 11.4. The molecule has 0 radical (unpaired) electrons. The van der Waals surface area contributed by atoms with E-state index in [-0.39, 0.29) is 6.61 Å². The van der Waals surface area contributed by atoms with Gasteiger partial charge >= 0.3 is 0 Å². The Morgan fingerprint density at radius 3 is 2.55 bits per heavy atom. The Kier molecular flexibility index (Phi) is 5.33. The number of fused-ring (bicyclic) bond motifs is 3. The molecule has 0 saturated carbocycles. The molecular formula is C25H26O5S. The number of hydrogen-bond acceptors (Lipinski definition) is 6. The van der Waals surface area contributed by atoms with Gasteiger partial charge in [-0.15, -0.1) is 11.8 Å². The van der Waals surface area contributed by atoms with Crippen LogP contribution in [0.15, 0.2) is 54.6 Å². The second-order valence-corrected chi connectivity index (χ2v) is 9.96. The Balaban J connectivity index is 1.54. The van der Waals surface area contributed by atoms with Gasteiger partial charge in [0.1, 0.15) is 12.2 Å². The van der Waals surface area contributed by atoms with Crippen molar-refractivity contribution in [2.75, 3.05) is 6.61 Å². The fourth-order valence-electron chi connectivity index (χ4n) is 4.76. The maximum Gasteiger partial charge on any atom is 0.168 e. The molecule has 6 heteroatoms. The van der Waals surface area contributed by atoms with Crippen LogP contribution < -0.4 is 0 Å². The van der Waals surface area contributed by atoms with Gasteiger partial charge in [-0.2, -0.15) is 0 Å². The molecule has 3 aromatic carbocycles. The number of rotatable bonds is 3. The molecule has 0 amide bonds. The molecule has 0 aromatic heterocycles. The smallest absolute Gasteiger partial charge is 0.168 e. The average molecular weight is 439 g/mol. The van der Waals surface area contributed by atoms with Crippen LogP contribution in [0.1, 0.15) is 27.8 Å². The highest BCUT2D eigenvalue weighted by molar-refractivity contribution is 8.00. The molecule has 1 fully saturated rings. The molecule has 5 atom stereocenters. The van der Waals surface area contributed by atoms with Crippen LogP contribution in [-0.2, 0) is 22.7 Å². The predicted octanol–water partition coefficient (Wildman–Crippen LogP) is 2.61. The molecule has 162 valence electrons. The third-order valence-electron chi connectivity index (χ3n) is 6.54. The summed E-state index contributed by atoms with van der Waals surface area (Å²) in [6.07, 6.45) is -3.18. The van der Waals surface area contributed by atoms with Crippen molar-refractivity contribution in [3.8, 4) is 0 Å². The first-order chi connectivity index (χ1) is 14.9. The van der Waals surface area contributed by atoms with Gasteiger partial charge in [0.2, 0.25) is 0 Å². The molecule has 0 unspecified atom stereocenters. The summed E-state index contributed by atoms with van der Waals surface area (Å²) >= 11 is 1.19. The molecule has 2 aliphatic rings. The van der Waals surface area contributed by atoms with Crippen LogP contribution in [0.3, 0.4) is 0 Å². The van der Waals surface area contributed by atoms with E-state index in [0.29, 0.717) is 6.61 Å². The Hall–Kier alpha value is -1.93. The monoisotopic (exact) mass is 438 g/mol. The molecule has 1 spiro atoms. The van der Waals surface area contributed by atoms with E-state index in [1.54, 1.807) is 0 Å². The predicted molar refractivity (Wildman–Crippen MR) is 121 cm³/mol. The largest absolute Gasteiger partial charge is 0.395 e. The number of aryl methyl sites for hydroxylation is 1. The van der Waals surface area contributed by atoms with E-state index in [4.69, 9.17) is 4.74 Å². The second kappa shape index (κ2) is 7.89. The van der Waals surface area contributed by atoms with Crippen LogP contribution in [0.25, 0.3) is 10.8 Å². The molecular weight excluding hydrogens is 412 g/mol. The molecule has 5 nitrogen and oxygen atoms in total. The number of benzene rings is 3. The summed E-state index contributed by atoms with van der Waals surface area (Å²) in [6.45, 7) is 2.07. The lowest BCUT2D eigenvalue weighted by molar-refractivity contribution is -0.147. The van der Waals surface area contributed by atoms with Gasteiger partial charge in [-0.05, 0) is 46.4 Å². The lowest BCUT2D eigenvalue weighted by atomic mass is 9.89. The number of aliphatic hydroxyl groups is 4. The molecule has 2 heterocycles. The van der Waals surface area contributed by atoms with E-state index in [1.807, 2.05) is 12.1 Å². The third kappa shape index (κ3) is 3.39. The van der Waals surface area contributed by atoms with Crippen LogP contribution in [-0.4, -0.2) is 50.6 Å². The van der Waals surface area contributed by atoms with E-state index in [1.165, 1.54) is 28.1 Å². The molecule has 31 heavy (non-hydrogen) atoms. The van der Waals surface area contributed by atoms with Gasteiger partial charge < -0.3 is 25.2 Å². The highest BCUT2D eigenvalue weighted by Crippen LogP contribution is 2.54. The fraction of sp³-hybridized carbons (Fsp3) is 0.360. The molecule has 1 saturated heterocycles. The Morgan fingerprint density at radius 1 is 1.00 bits per heavy atom. The maximum atomic E-state index is 10.9. The number of thioether (sulfide) groups is 1. The number of ether oxygens (including phenoxy) is 1. The van der Waals surface area contributed by atoms with Gasteiger partial charge in [0, 0.05) is 5.56 Å². The molecule has 2 aliphatic heterocycles. The Morgan fingerprint density at radius 2 is 1.77 bits per heavy atom. The molecule has 0 bridgehead atoms. The minimum atomic E-state index is -1.39. The second-order valence-electron chi connectivity index (χ2n) is 8.52. The van der Waals surface area contributed by atoms with Crippen LogP contribution in [0, 0.1) is 6.92 Å². The van der Waals surface area contributed by atoms with E-state index >= 15 is 0 Å². The molecule has 3 aromatic rings. The summed E-state index contributed by atoms with van der Waals surface area (Å²) in [5.41, 5.74) is 5.23. The fourth-order valence-corrected chi connectivity index (χ4v) is 6.31.